The minimum absolute atomic E-state index is 0.248. The highest BCUT2D eigenvalue weighted by Gasteiger charge is 2.23. The van der Waals surface area contributed by atoms with Crippen LogP contribution in [0.4, 0.5) is 0 Å². The largest absolute Gasteiger partial charge is 0.323 e. The van der Waals surface area contributed by atoms with E-state index in [1.807, 2.05) is 7.05 Å². The van der Waals surface area contributed by atoms with Crippen molar-refractivity contribution in [2.24, 2.45) is 0 Å². The summed E-state index contributed by atoms with van der Waals surface area (Å²) in [5.74, 6) is 0. The average Bonchev–Trinajstić information content (AvgIpc) is 1.80. The average molecular weight is 171 g/mol. The Kier molecular flexibility index (Phi) is 4.48. The summed E-state index contributed by atoms with van der Waals surface area (Å²) in [6.07, 6.45) is 1.19. The van der Waals surface area contributed by atoms with E-state index in [0.29, 0.717) is 4.66 Å². The Morgan fingerprint density at radius 1 is 1.50 bits per heavy atom. The molecule has 4 radical (unpaired) electrons. The first-order valence-corrected chi connectivity index (χ1v) is 6.18. The topological polar surface area (TPSA) is 12.0 Å². The number of hydrogen-bond acceptors (Lipinski definition) is 1. The van der Waals surface area contributed by atoms with Crippen LogP contribution in [-0.4, -0.2) is 32.3 Å². The molecule has 0 fully saturated rings. The molecule has 0 spiro atoms. The van der Waals surface area contributed by atoms with Crippen molar-refractivity contribution >= 4 is 19.0 Å². The first-order valence-electron chi connectivity index (χ1n) is 3.77. The van der Waals surface area contributed by atoms with Crippen molar-refractivity contribution in [2.45, 2.75) is 31.5 Å². The van der Waals surface area contributed by atoms with E-state index in [1.54, 1.807) is 0 Å². The van der Waals surface area contributed by atoms with Crippen molar-refractivity contribution in [3.05, 3.63) is 0 Å². The lowest BCUT2D eigenvalue weighted by molar-refractivity contribution is 0.862. The molecule has 0 aromatic carbocycles. The molecule has 1 N–H and O–H groups in total. The fourth-order valence-electron chi connectivity index (χ4n) is 1.00. The molecule has 0 aliphatic heterocycles. The van der Waals surface area contributed by atoms with Crippen molar-refractivity contribution in [3.63, 3.8) is 0 Å². The molecule has 0 rings (SSSR count). The van der Waals surface area contributed by atoms with Crippen LogP contribution in [0.15, 0.2) is 0 Å². The van der Waals surface area contributed by atoms with Gasteiger partial charge in [-0.15, -0.1) is 0 Å². The molecule has 10 heavy (non-hydrogen) atoms. The van der Waals surface area contributed by atoms with Crippen molar-refractivity contribution in [2.75, 3.05) is 13.2 Å². The predicted octanol–water partition coefficient (Wildman–Crippen LogP) is 1.17. The molecule has 0 heterocycles. The summed E-state index contributed by atoms with van der Waals surface area (Å²) in [5, 5.41) is 3.24. The van der Waals surface area contributed by atoms with Crippen molar-refractivity contribution in [3.8, 4) is 0 Å². The molecular formula is C7H17NSi2. The summed E-state index contributed by atoms with van der Waals surface area (Å²) in [6.45, 7) is 6.80. The lowest BCUT2D eigenvalue weighted by atomic mass is 10.5. The Balaban J connectivity index is 3.81. The van der Waals surface area contributed by atoms with Gasteiger partial charge >= 0.3 is 0 Å². The zero-order chi connectivity index (χ0) is 8.20. The maximum Gasteiger partial charge on any atom is 0.0667 e. The lowest BCUT2D eigenvalue weighted by Crippen LogP contribution is -2.37. The maximum atomic E-state index is 3.76. The van der Waals surface area contributed by atoms with Crippen molar-refractivity contribution < 1.29 is 0 Å². The van der Waals surface area contributed by atoms with Crippen molar-refractivity contribution in [1.82, 2.24) is 5.32 Å². The first-order chi connectivity index (χ1) is 4.52. The number of nitrogens with one attached hydrogen (secondary N) is 1. The minimum Gasteiger partial charge on any atom is -0.323 e. The first kappa shape index (κ1) is 10.4. The summed E-state index contributed by atoms with van der Waals surface area (Å²) < 4.78 is 0.364. The van der Waals surface area contributed by atoms with Crippen LogP contribution in [0.5, 0.6) is 0 Å². The van der Waals surface area contributed by atoms with Gasteiger partial charge in [-0.2, -0.15) is 0 Å². The van der Waals surface area contributed by atoms with E-state index in [2.05, 4.69) is 36.3 Å². The molecule has 0 aliphatic carbocycles. The van der Waals surface area contributed by atoms with Gasteiger partial charge in [0.1, 0.15) is 0 Å². The molecule has 0 aromatic rings. The Bertz CT molecular complexity index is 88.1. The van der Waals surface area contributed by atoms with Gasteiger partial charge in [-0.1, -0.05) is 31.5 Å². The maximum absolute atomic E-state index is 3.76. The fourth-order valence-corrected chi connectivity index (χ4v) is 3.80. The normalized spacial score (nSPS) is 12.6. The second-order valence-corrected chi connectivity index (χ2v) is 8.38. The monoisotopic (exact) mass is 171 g/mol. The van der Waals surface area contributed by atoms with Gasteiger partial charge in [-0.05, 0) is 13.2 Å². The molecule has 0 saturated carbocycles. The summed E-state index contributed by atoms with van der Waals surface area (Å²) in [5.41, 5.74) is 0. The number of hydrogen-bond donors (Lipinski definition) is 1. The van der Waals surface area contributed by atoms with Crippen LogP contribution in [-0.2, 0) is 0 Å². The second kappa shape index (κ2) is 4.31. The Hall–Kier alpha value is 0.394. The molecule has 0 bridgehead atoms. The van der Waals surface area contributed by atoms with Gasteiger partial charge < -0.3 is 5.32 Å². The Labute approximate surface area is 69.6 Å². The van der Waals surface area contributed by atoms with Gasteiger partial charge in [0.05, 0.1) is 8.80 Å². The van der Waals surface area contributed by atoms with Crippen molar-refractivity contribution in [1.29, 1.82) is 0 Å². The van der Waals surface area contributed by atoms with E-state index in [-0.39, 0.29) is 8.80 Å². The molecule has 0 saturated heterocycles. The second-order valence-electron chi connectivity index (χ2n) is 3.11. The summed E-state index contributed by atoms with van der Waals surface area (Å²) in [6, 6.07) is 1.32. The van der Waals surface area contributed by atoms with Crippen LogP contribution in [0.3, 0.4) is 0 Å². The van der Waals surface area contributed by atoms with E-state index in [9.17, 15) is 0 Å². The molecule has 0 aromatic heterocycles. The fraction of sp³-hybridized carbons (Fsp3) is 1.00. The van der Waals surface area contributed by atoms with Crippen LogP contribution in [0.25, 0.3) is 0 Å². The van der Waals surface area contributed by atoms with Gasteiger partial charge in [0, 0.05) is 10.2 Å². The Morgan fingerprint density at radius 2 is 2.00 bits per heavy atom. The van der Waals surface area contributed by atoms with E-state index in [1.165, 1.54) is 12.2 Å². The van der Waals surface area contributed by atoms with E-state index >= 15 is 0 Å². The Morgan fingerprint density at radius 3 is 2.10 bits per heavy atom. The predicted molar refractivity (Wildman–Crippen MR) is 50.0 cm³/mol. The van der Waals surface area contributed by atoms with E-state index in [0.717, 1.165) is 0 Å². The zero-order valence-corrected chi connectivity index (χ0v) is 9.41. The molecule has 0 amide bonds. The molecule has 3 heteroatoms. The van der Waals surface area contributed by atoms with Crippen LogP contribution in [0.2, 0.25) is 10.7 Å². The molecular weight excluding hydrogens is 154 g/mol. The standard InChI is InChI=1S/C7H17NSi2/c1-5-10(6-8-4)7(2,3)9/h8H,5-6H2,1-4H3. The third kappa shape index (κ3) is 3.53. The third-order valence-corrected chi connectivity index (χ3v) is 6.16. The van der Waals surface area contributed by atoms with E-state index in [4.69, 9.17) is 0 Å². The van der Waals surface area contributed by atoms with Crippen LogP contribution < -0.4 is 5.32 Å². The molecule has 0 aliphatic rings. The quantitative estimate of drug-likeness (QED) is 0.626. The van der Waals surface area contributed by atoms with Crippen LogP contribution in [0, 0.1) is 0 Å². The van der Waals surface area contributed by atoms with Gasteiger partial charge in [0.25, 0.3) is 0 Å². The van der Waals surface area contributed by atoms with Crippen LogP contribution in [0.1, 0.15) is 20.8 Å². The van der Waals surface area contributed by atoms with Gasteiger partial charge in [0.2, 0.25) is 0 Å². The molecule has 0 unspecified atom stereocenters. The summed E-state index contributed by atoms with van der Waals surface area (Å²) in [4.78, 5) is 0. The van der Waals surface area contributed by atoms with Gasteiger partial charge in [-0.25, -0.2) is 0 Å². The molecule has 58 valence electrons. The van der Waals surface area contributed by atoms with E-state index < -0.39 is 0 Å². The summed E-state index contributed by atoms with van der Waals surface area (Å²) in [7, 11) is 5.54. The highest BCUT2D eigenvalue weighted by Crippen LogP contribution is 2.24. The number of rotatable bonds is 4. The van der Waals surface area contributed by atoms with Crippen LogP contribution >= 0.6 is 0 Å². The third-order valence-electron chi connectivity index (χ3n) is 1.70. The highest BCUT2D eigenvalue weighted by molar-refractivity contribution is 6.70. The summed E-state index contributed by atoms with van der Waals surface area (Å²) >= 11 is 0. The highest BCUT2D eigenvalue weighted by atomic mass is 28.3. The smallest absolute Gasteiger partial charge is 0.0667 e. The van der Waals surface area contributed by atoms with Gasteiger partial charge in [0.15, 0.2) is 0 Å². The molecule has 1 nitrogen and oxygen atoms in total. The minimum atomic E-state index is -0.248. The SMILES string of the molecule is CC[Si](CNC)C(C)(C)[Si]. The van der Waals surface area contributed by atoms with Gasteiger partial charge in [-0.3, -0.25) is 0 Å². The zero-order valence-electron chi connectivity index (χ0n) is 7.41. The lowest BCUT2D eigenvalue weighted by Gasteiger charge is -2.27. The molecule has 0 atom stereocenters.